The molecule has 148 valence electrons. The number of hydrogen-bond acceptors (Lipinski definition) is 4. The van der Waals surface area contributed by atoms with E-state index in [9.17, 15) is 9.59 Å². The van der Waals surface area contributed by atoms with E-state index in [0.717, 1.165) is 5.56 Å². The SMILES string of the molecule is Cc1ccc(C(=O)c2ccc(NC(=O)c3cnn(-c4ccccn4)c3C)cc2)cc1. The second-order valence-electron chi connectivity index (χ2n) is 6.97. The van der Waals surface area contributed by atoms with Gasteiger partial charge in [-0.25, -0.2) is 9.67 Å². The summed E-state index contributed by atoms with van der Waals surface area (Å²) in [4.78, 5) is 29.5. The van der Waals surface area contributed by atoms with Crippen LogP contribution in [0.5, 0.6) is 0 Å². The van der Waals surface area contributed by atoms with E-state index in [-0.39, 0.29) is 11.7 Å². The van der Waals surface area contributed by atoms with Crippen molar-refractivity contribution in [2.24, 2.45) is 0 Å². The number of hydrogen-bond donors (Lipinski definition) is 1. The molecule has 2 aromatic carbocycles. The molecule has 0 saturated carbocycles. The summed E-state index contributed by atoms with van der Waals surface area (Å²) in [7, 11) is 0. The van der Waals surface area contributed by atoms with Crippen LogP contribution in [-0.4, -0.2) is 26.5 Å². The Labute approximate surface area is 174 Å². The minimum absolute atomic E-state index is 0.0552. The molecule has 2 aromatic heterocycles. The smallest absolute Gasteiger partial charge is 0.259 e. The maximum atomic E-state index is 12.7. The Balaban J connectivity index is 1.49. The summed E-state index contributed by atoms with van der Waals surface area (Å²) in [6.45, 7) is 3.80. The number of rotatable bonds is 5. The first-order valence-corrected chi connectivity index (χ1v) is 9.52. The summed E-state index contributed by atoms with van der Waals surface area (Å²) >= 11 is 0. The van der Waals surface area contributed by atoms with Crippen LogP contribution in [0.15, 0.2) is 79.1 Å². The predicted octanol–water partition coefficient (Wildman–Crippen LogP) is 4.37. The van der Waals surface area contributed by atoms with Crippen LogP contribution < -0.4 is 5.32 Å². The first-order chi connectivity index (χ1) is 14.5. The molecule has 0 unspecified atom stereocenters. The van der Waals surface area contributed by atoms with Gasteiger partial charge >= 0.3 is 0 Å². The lowest BCUT2D eigenvalue weighted by Gasteiger charge is -2.07. The zero-order valence-corrected chi connectivity index (χ0v) is 16.7. The van der Waals surface area contributed by atoms with Gasteiger partial charge in [0.2, 0.25) is 0 Å². The van der Waals surface area contributed by atoms with Crippen molar-refractivity contribution in [3.8, 4) is 5.82 Å². The number of carbonyl (C=O) groups excluding carboxylic acids is 2. The fourth-order valence-corrected chi connectivity index (χ4v) is 3.12. The highest BCUT2D eigenvalue weighted by Crippen LogP contribution is 2.17. The van der Waals surface area contributed by atoms with Gasteiger partial charge in [-0.05, 0) is 50.2 Å². The van der Waals surface area contributed by atoms with Crippen molar-refractivity contribution < 1.29 is 9.59 Å². The van der Waals surface area contributed by atoms with Crippen molar-refractivity contribution in [2.45, 2.75) is 13.8 Å². The molecule has 6 heteroatoms. The number of amides is 1. The first kappa shape index (κ1) is 19.3. The lowest BCUT2D eigenvalue weighted by atomic mass is 10.0. The van der Waals surface area contributed by atoms with Gasteiger partial charge in [0.15, 0.2) is 11.6 Å². The molecule has 0 aliphatic carbocycles. The van der Waals surface area contributed by atoms with Crippen molar-refractivity contribution in [1.29, 1.82) is 0 Å². The van der Waals surface area contributed by atoms with E-state index in [1.165, 1.54) is 6.20 Å². The van der Waals surface area contributed by atoms with Crippen molar-refractivity contribution in [1.82, 2.24) is 14.8 Å². The third-order valence-corrected chi connectivity index (χ3v) is 4.84. The van der Waals surface area contributed by atoms with Crippen molar-refractivity contribution in [2.75, 3.05) is 5.32 Å². The summed E-state index contributed by atoms with van der Waals surface area (Å²) in [6.07, 6.45) is 3.20. The number of carbonyl (C=O) groups is 2. The Kier molecular flexibility index (Phi) is 5.22. The minimum atomic E-state index is -0.271. The van der Waals surface area contributed by atoms with Gasteiger partial charge in [-0.15, -0.1) is 0 Å². The highest BCUT2D eigenvalue weighted by Gasteiger charge is 2.16. The van der Waals surface area contributed by atoms with E-state index in [0.29, 0.717) is 33.9 Å². The fourth-order valence-electron chi connectivity index (χ4n) is 3.12. The van der Waals surface area contributed by atoms with Crippen molar-refractivity contribution in [3.63, 3.8) is 0 Å². The highest BCUT2D eigenvalue weighted by molar-refractivity contribution is 6.09. The number of ketones is 1. The third kappa shape index (κ3) is 3.89. The molecule has 2 heterocycles. The number of aryl methyl sites for hydroxylation is 1. The molecule has 0 fully saturated rings. The second kappa shape index (κ2) is 8.13. The maximum absolute atomic E-state index is 12.7. The molecule has 0 aliphatic rings. The molecule has 6 nitrogen and oxygen atoms in total. The monoisotopic (exact) mass is 396 g/mol. The number of pyridine rings is 1. The number of nitrogens with zero attached hydrogens (tertiary/aromatic N) is 3. The highest BCUT2D eigenvalue weighted by atomic mass is 16.1. The molecule has 0 saturated heterocycles. The molecular formula is C24H20N4O2. The van der Waals surface area contributed by atoms with Crippen LogP contribution in [0, 0.1) is 13.8 Å². The lowest BCUT2D eigenvalue weighted by Crippen LogP contribution is -2.13. The Bertz CT molecular complexity index is 1190. The summed E-state index contributed by atoms with van der Waals surface area (Å²) in [5.74, 6) is 0.320. The Hall–Kier alpha value is -4.06. The van der Waals surface area contributed by atoms with Crippen LogP contribution in [0.4, 0.5) is 5.69 Å². The Morgan fingerprint density at radius 2 is 1.53 bits per heavy atom. The fraction of sp³-hybridized carbons (Fsp3) is 0.0833. The van der Waals surface area contributed by atoms with Crippen LogP contribution in [-0.2, 0) is 0 Å². The summed E-state index contributed by atoms with van der Waals surface area (Å²) < 4.78 is 1.62. The molecule has 0 spiro atoms. The predicted molar refractivity (Wildman–Crippen MR) is 115 cm³/mol. The summed E-state index contributed by atoms with van der Waals surface area (Å²) in [5, 5.41) is 7.13. The molecular weight excluding hydrogens is 376 g/mol. The van der Waals surface area contributed by atoms with Gasteiger partial charge in [-0.2, -0.15) is 5.10 Å². The molecule has 0 radical (unpaired) electrons. The van der Waals surface area contributed by atoms with Crippen LogP contribution >= 0.6 is 0 Å². The molecule has 1 amide bonds. The first-order valence-electron chi connectivity index (χ1n) is 9.52. The molecule has 1 N–H and O–H groups in total. The standard InChI is InChI=1S/C24H20N4O2/c1-16-6-8-18(9-7-16)23(29)19-10-12-20(13-11-19)27-24(30)21-15-26-28(17(21)2)22-5-3-4-14-25-22/h3-15H,1-2H3,(H,27,30). The number of nitrogens with one attached hydrogen (secondary N) is 1. The summed E-state index contributed by atoms with van der Waals surface area (Å²) in [5.41, 5.74) is 4.06. The molecule has 30 heavy (non-hydrogen) atoms. The molecule has 4 aromatic rings. The van der Waals surface area contributed by atoms with E-state index >= 15 is 0 Å². The van der Waals surface area contributed by atoms with E-state index < -0.39 is 0 Å². The molecule has 4 rings (SSSR count). The minimum Gasteiger partial charge on any atom is -0.322 e. The molecule has 0 atom stereocenters. The van der Waals surface area contributed by atoms with Crippen LogP contribution in [0.1, 0.15) is 37.5 Å². The number of benzene rings is 2. The lowest BCUT2D eigenvalue weighted by molar-refractivity contribution is 0.102. The van der Waals surface area contributed by atoms with Gasteiger partial charge in [0, 0.05) is 23.0 Å². The van der Waals surface area contributed by atoms with Gasteiger partial charge < -0.3 is 5.32 Å². The molecule has 0 bridgehead atoms. The normalized spacial score (nSPS) is 10.6. The van der Waals surface area contributed by atoms with Crippen molar-refractivity contribution >= 4 is 17.4 Å². The maximum Gasteiger partial charge on any atom is 0.259 e. The second-order valence-corrected chi connectivity index (χ2v) is 6.97. The molecule has 0 aliphatic heterocycles. The van der Waals surface area contributed by atoms with Crippen LogP contribution in [0.3, 0.4) is 0 Å². The zero-order chi connectivity index (χ0) is 21.1. The van der Waals surface area contributed by atoms with Gasteiger partial charge in [0.1, 0.15) is 0 Å². The van der Waals surface area contributed by atoms with E-state index in [4.69, 9.17) is 0 Å². The van der Waals surface area contributed by atoms with Gasteiger partial charge in [-0.3, -0.25) is 9.59 Å². The van der Waals surface area contributed by atoms with E-state index in [1.54, 1.807) is 35.1 Å². The largest absolute Gasteiger partial charge is 0.322 e. The van der Waals surface area contributed by atoms with Gasteiger partial charge in [-0.1, -0.05) is 35.9 Å². The zero-order valence-electron chi connectivity index (χ0n) is 16.7. The number of aromatic nitrogens is 3. The average molecular weight is 396 g/mol. The van der Waals surface area contributed by atoms with E-state index in [1.807, 2.05) is 56.3 Å². The Morgan fingerprint density at radius 3 is 2.17 bits per heavy atom. The third-order valence-electron chi connectivity index (χ3n) is 4.84. The Morgan fingerprint density at radius 1 is 0.867 bits per heavy atom. The van der Waals surface area contributed by atoms with Crippen LogP contribution in [0.2, 0.25) is 0 Å². The number of anilines is 1. The quantitative estimate of drug-likeness (QED) is 0.508. The average Bonchev–Trinajstić information content (AvgIpc) is 3.16. The van der Waals surface area contributed by atoms with E-state index in [2.05, 4.69) is 15.4 Å². The summed E-state index contributed by atoms with van der Waals surface area (Å²) in [6, 6.07) is 19.8. The topological polar surface area (TPSA) is 76.9 Å². The van der Waals surface area contributed by atoms with Crippen LogP contribution in [0.25, 0.3) is 5.82 Å². The van der Waals surface area contributed by atoms with Gasteiger partial charge in [0.25, 0.3) is 5.91 Å². The van der Waals surface area contributed by atoms with Crippen molar-refractivity contribution in [3.05, 3.63) is 107 Å². The van der Waals surface area contributed by atoms with Gasteiger partial charge in [0.05, 0.1) is 17.5 Å².